The summed E-state index contributed by atoms with van der Waals surface area (Å²) in [7, 11) is 0. The highest BCUT2D eigenvalue weighted by atomic mass is 19.1. The van der Waals surface area contributed by atoms with Crippen LogP contribution in [0.4, 0.5) is 4.39 Å². The highest BCUT2D eigenvalue weighted by molar-refractivity contribution is 5.83. The average molecular weight is 348 g/mol. The van der Waals surface area contributed by atoms with Crippen LogP contribution in [0, 0.1) is 11.7 Å². The zero-order chi connectivity index (χ0) is 18.0. The highest BCUT2D eigenvalue weighted by Crippen LogP contribution is 2.34. The number of hydrogen-bond acceptors (Lipinski definition) is 3. The lowest BCUT2D eigenvalue weighted by Crippen LogP contribution is -2.55. The van der Waals surface area contributed by atoms with Crippen LogP contribution in [0.1, 0.15) is 44.1 Å². The number of hydrogen-bond donors (Lipinski definition) is 2. The van der Waals surface area contributed by atoms with E-state index in [1.165, 1.54) is 25.0 Å². The largest absolute Gasteiger partial charge is 0.480 e. The Morgan fingerprint density at radius 1 is 1.36 bits per heavy atom. The number of carbonyl (C=O) groups excluding carboxylic acids is 1. The molecule has 2 saturated carbocycles. The first-order valence-electron chi connectivity index (χ1n) is 8.94. The molecule has 1 aromatic carbocycles. The van der Waals surface area contributed by atoms with Gasteiger partial charge in [-0.1, -0.05) is 12.1 Å². The van der Waals surface area contributed by atoms with Crippen molar-refractivity contribution in [2.75, 3.05) is 13.1 Å². The normalized spacial score (nSPS) is 23.8. The Morgan fingerprint density at radius 2 is 2.08 bits per heavy atom. The zero-order valence-corrected chi connectivity index (χ0v) is 14.5. The summed E-state index contributed by atoms with van der Waals surface area (Å²) in [5.41, 5.74) is 0.662. The summed E-state index contributed by atoms with van der Waals surface area (Å²) in [6, 6.07) is 6.41. The molecule has 2 aliphatic carbocycles. The standard InChI is InChI=1S/C19H25FN2O3/c1-12(14-3-2-4-15(20)7-14)19(25)21-16-8-17(9-16)22(11-18(23)24)10-13-5-6-13/h2-4,7,12-13,16-17H,5-6,8-11H2,1H3,(H,21,25)(H,23,24). The second kappa shape index (κ2) is 7.52. The first-order chi connectivity index (χ1) is 11.9. The topological polar surface area (TPSA) is 69.6 Å². The fourth-order valence-electron chi connectivity index (χ4n) is 3.41. The molecule has 0 heterocycles. The molecular formula is C19H25FN2O3. The van der Waals surface area contributed by atoms with E-state index in [-0.39, 0.29) is 30.4 Å². The smallest absolute Gasteiger partial charge is 0.317 e. The lowest BCUT2D eigenvalue weighted by atomic mass is 9.84. The van der Waals surface area contributed by atoms with Gasteiger partial charge in [0.2, 0.25) is 5.91 Å². The van der Waals surface area contributed by atoms with E-state index < -0.39 is 11.9 Å². The molecule has 5 nitrogen and oxygen atoms in total. The molecule has 0 saturated heterocycles. The molecule has 2 aliphatic rings. The molecule has 1 unspecified atom stereocenters. The molecule has 0 aliphatic heterocycles. The van der Waals surface area contributed by atoms with Crippen LogP contribution >= 0.6 is 0 Å². The maximum absolute atomic E-state index is 13.3. The number of rotatable bonds is 8. The second-order valence-electron chi connectivity index (χ2n) is 7.37. The van der Waals surface area contributed by atoms with Crippen molar-refractivity contribution in [1.29, 1.82) is 0 Å². The average Bonchev–Trinajstić information content (AvgIpc) is 3.32. The van der Waals surface area contributed by atoms with Crippen LogP contribution < -0.4 is 5.32 Å². The monoisotopic (exact) mass is 348 g/mol. The molecule has 136 valence electrons. The van der Waals surface area contributed by atoms with Crippen LogP contribution in [0.25, 0.3) is 0 Å². The number of nitrogens with zero attached hydrogens (tertiary/aromatic N) is 1. The third-order valence-electron chi connectivity index (χ3n) is 5.25. The number of aliphatic carboxylic acids is 1. The number of carbonyl (C=O) groups is 2. The van der Waals surface area contributed by atoms with Gasteiger partial charge in [0, 0.05) is 18.6 Å². The number of nitrogens with one attached hydrogen (secondary N) is 1. The SMILES string of the molecule is CC(C(=O)NC1CC(N(CC(=O)O)CC2CC2)C1)c1cccc(F)c1. The van der Waals surface area contributed by atoms with Gasteiger partial charge in [0.15, 0.2) is 0 Å². The Bertz CT molecular complexity index is 641. The molecule has 1 amide bonds. The van der Waals surface area contributed by atoms with E-state index in [4.69, 9.17) is 5.11 Å². The molecule has 0 spiro atoms. The van der Waals surface area contributed by atoms with E-state index >= 15 is 0 Å². The molecular weight excluding hydrogens is 323 g/mol. The van der Waals surface area contributed by atoms with E-state index in [0.29, 0.717) is 11.5 Å². The first kappa shape index (κ1) is 17.9. The van der Waals surface area contributed by atoms with Crippen molar-refractivity contribution in [2.24, 2.45) is 5.92 Å². The highest BCUT2D eigenvalue weighted by Gasteiger charge is 2.38. The molecule has 3 rings (SSSR count). The van der Waals surface area contributed by atoms with E-state index in [9.17, 15) is 14.0 Å². The fourth-order valence-corrected chi connectivity index (χ4v) is 3.41. The molecule has 2 N–H and O–H groups in total. The third kappa shape index (κ3) is 4.78. The van der Waals surface area contributed by atoms with Crippen LogP contribution in [0.15, 0.2) is 24.3 Å². The Balaban J connectivity index is 1.48. The van der Waals surface area contributed by atoms with Gasteiger partial charge in [0.05, 0.1) is 12.5 Å². The molecule has 0 bridgehead atoms. The van der Waals surface area contributed by atoms with Crippen molar-refractivity contribution in [2.45, 2.75) is 50.6 Å². The maximum Gasteiger partial charge on any atom is 0.317 e. The Morgan fingerprint density at radius 3 is 2.68 bits per heavy atom. The van der Waals surface area contributed by atoms with Crippen LogP contribution in [-0.4, -0.2) is 47.1 Å². The number of carboxylic acid groups (broad SMARTS) is 1. The molecule has 0 radical (unpaired) electrons. The van der Waals surface area contributed by atoms with E-state index in [1.54, 1.807) is 19.1 Å². The molecule has 2 fully saturated rings. The summed E-state index contributed by atoms with van der Waals surface area (Å²) < 4.78 is 13.3. The maximum atomic E-state index is 13.3. The van der Waals surface area contributed by atoms with Gasteiger partial charge in [0.25, 0.3) is 0 Å². The zero-order valence-electron chi connectivity index (χ0n) is 14.5. The fraction of sp³-hybridized carbons (Fsp3) is 0.579. The molecule has 25 heavy (non-hydrogen) atoms. The van der Waals surface area contributed by atoms with Crippen LogP contribution in [0.3, 0.4) is 0 Å². The number of carboxylic acids is 1. The molecule has 6 heteroatoms. The van der Waals surface area contributed by atoms with Gasteiger partial charge >= 0.3 is 5.97 Å². The third-order valence-corrected chi connectivity index (χ3v) is 5.25. The van der Waals surface area contributed by atoms with Gasteiger partial charge in [-0.25, -0.2) is 4.39 Å². The summed E-state index contributed by atoms with van der Waals surface area (Å²) >= 11 is 0. The van der Waals surface area contributed by atoms with E-state index in [2.05, 4.69) is 5.32 Å². The van der Waals surface area contributed by atoms with Gasteiger partial charge in [-0.3, -0.25) is 14.5 Å². The van der Waals surface area contributed by atoms with Crippen molar-refractivity contribution < 1.29 is 19.1 Å². The summed E-state index contributed by atoms with van der Waals surface area (Å²) in [6.07, 6.45) is 3.94. The van der Waals surface area contributed by atoms with Crippen LogP contribution in [-0.2, 0) is 9.59 Å². The van der Waals surface area contributed by atoms with Gasteiger partial charge in [-0.15, -0.1) is 0 Å². The van der Waals surface area contributed by atoms with Crippen molar-refractivity contribution in [3.05, 3.63) is 35.6 Å². The van der Waals surface area contributed by atoms with E-state index in [0.717, 1.165) is 19.4 Å². The predicted octanol–water partition coefficient (Wildman–Crippen LogP) is 2.37. The first-order valence-corrected chi connectivity index (χ1v) is 8.94. The molecule has 0 aromatic heterocycles. The molecule has 1 atom stereocenters. The second-order valence-corrected chi connectivity index (χ2v) is 7.37. The van der Waals surface area contributed by atoms with Crippen LogP contribution in [0.5, 0.6) is 0 Å². The summed E-state index contributed by atoms with van der Waals surface area (Å²) in [4.78, 5) is 25.4. The number of benzene rings is 1. The van der Waals surface area contributed by atoms with Gasteiger partial charge in [-0.2, -0.15) is 0 Å². The van der Waals surface area contributed by atoms with E-state index in [1.807, 2.05) is 4.90 Å². The minimum absolute atomic E-state index is 0.0710. The lowest BCUT2D eigenvalue weighted by Gasteiger charge is -2.43. The minimum Gasteiger partial charge on any atom is -0.480 e. The molecule has 1 aromatic rings. The van der Waals surface area contributed by atoms with Crippen molar-refractivity contribution in [3.63, 3.8) is 0 Å². The predicted molar refractivity (Wildman–Crippen MR) is 91.7 cm³/mol. The van der Waals surface area contributed by atoms with Crippen LogP contribution in [0.2, 0.25) is 0 Å². The Kier molecular flexibility index (Phi) is 5.37. The van der Waals surface area contributed by atoms with Crippen molar-refractivity contribution in [1.82, 2.24) is 10.2 Å². The number of halogens is 1. The van der Waals surface area contributed by atoms with Gasteiger partial charge < -0.3 is 10.4 Å². The minimum atomic E-state index is -0.798. The number of amides is 1. The van der Waals surface area contributed by atoms with Gasteiger partial charge in [0.1, 0.15) is 5.82 Å². The van der Waals surface area contributed by atoms with Gasteiger partial charge in [-0.05, 0) is 56.2 Å². The lowest BCUT2D eigenvalue weighted by molar-refractivity contribution is -0.140. The Hall–Kier alpha value is -1.95. The summed E-state index contributed by atoms with van der Waals surface area (Å²) in [5.74, 6) is -1.02. The summed E-state index contributed by atoms with van der Waals surface area (Å²) in [6.45, 7) is 2.68. The Labute approximate surface area is 147 Å². The van der Waals surface area contributed by atoms with Crippen molar-refractivity contribution in [3.8, 4) is 0 Å². The quantitative estimate of drug-likeness (QED) is 0.757. The van der Waals surface area contributed by atoms with Crippen molar-refractivity contribution >= 4 is 11.9 Å². The summed E-state index contributed by atoms with van der Waals surface area (Å²) in [5, 5.41) is 12.1.